The molecule has 0 bridgehead atoms. The maximum atomic E-state index is 6.26. The van der Waals surface area contributed by atoms with Gasteiger partial charge in [0.15, 0.2) is 0 Å². The lowest BCUT2D eigenvalue weighted by atomic mass is 9.98. The number of hydrogen-bond donors (Lipinski definition) is 1. The fourth-order valence-electron chi connectivity index (χ4n) is 2.28. The van der Waals surface area contributed by atoms with Crippen LogP contribution in [-0.2, 0) is 0 Å². The van der Waals surface area contributed by atoms with E-state index in [1.165, 1.54) is 0 Å². The number of piperidine rings is 1. The molecule has 2 unspecified atom stereocenters. The summed E-state index contributed by atoms with van der Waals surface area (Å²) in [5.41, 5.74) is 7.08. The molecule has 2 nitrogen and oxygen atoms in total. The molecule has 2 N–H and O–H groups in total. The normalized spacial score (nSPS) is 25.9. The summed E-state index contributed by atoms with van der Waals surface area (Å²) in [6.07, 6.45) is 2.07. The zero-order valence-corrected chi connectivity index (χ0v) is 11.6. The van der Waals surface area contributed by atoms with Gasteiger partial charge in [-0.05, 0) is 38.0 Å². The lowest BCUT2D eigenvalue weighted by Crippen LogP contribution is -2.45. The number of nitrogens with two attached hydrogens (primary N) is 1. The highest BCUT2D eigenvalue weighted by Gasteiger charge is 2.24. The van der Waals surface area contributed by atoms with Crippen molar-refractivity contribution < 1.29 is 0 Å². The fourth-order valence-corrected chi connectivity index (χ4v) is 3.06. The van der Waals surface area contributed by atoms with Gasteiger partial charge in [0.05, 0.1) is 10.7 Å². The van der Waals surface area contributed by atoms with E-state index in [1.54, 1.807) is 0 Å². The van der Waals surface area contributed by atoms with Gasteiger partial charge in [0.25, 0.3) is 0 Å². The molecule has 2 atom stereocenters. The average molecular weight is 304 g/mol. The third kappa shape index (κ3) is 2.53. The van der Waals surface area contributed by atoms with Crippen LogP contribution in [0.25, 0.3) is 0 Å². The summed E-state index contributed by atoms with van der Waals surface area (Å²) in [5.74, 6) is 0. The van der Waals surface area contributed by atoms with Crippen molar-refractivity contribution >= 4 is 33.2 Å². The van der Waals surface area contributed by atoms with Gasteiger partial charge in [-0.1, -0.05) is 27.5 Å². The first-order chi connectivity index (χ1) is 7.58. The Kier molecular flexibility index (Phi) is 3.77. The van der Waals surface area contributed by atoms with E-state index in [1.807, 2.05) is 12.1 Å². The van der Waals surface area contributed by atoms with Gasteiger partial charge in [0.2, 0.25) is 0 Å². The van der Waals surface area contributed by atoms with Gasteiger partial charge < -0.3 is 10.6 Å². The minimum atomic E-state index is 0.334. The Morgan fingerprint density at radius 2 is 2.25 bits per heavy atom. The number of hydrogen-bond acceptors (Lipinski definition) is 2. The van der Waals surface area contributed by atoms with E-state index >= 15 is 0 Å². The van der Waals surface area contributed by atoms with Crippen LogP contribution in [0.2, 0.25) is 5.02 Å². The van der Waals surface area contributed by atoms with Gasteiger partial charge in [-0.25, -0.2) is 0 Å². The smallest absolute Gasteiger partial charge is 0.0650 e. The van der Waals surface area contributed by atoms with Crippen molar-refractivity contribution in [2.24, 2.45) is 5.73 Å². The van der Waals surface area contributed by atoms with Crippen molar-refractivity contribution in [1.82, 2.24) is 0 Å². The van der Waals surface area contributed by atoms with Crippen LogP contribution in [0.1, 0.15) is 19.8 Å². The van der Waals surface area contributed by atoms with Crippen LogP contribution in [0.15, 0.2) is 22.7 Å². The number of rotatable bonds is 1. The van der Waals surface area contributed by atoms with Crippen LogP contribution < -0.4 is 10.6 Å². The summed E-state index contributed by atoms with van der Waals surface area (Å²) in [5, 5.41) is 0.802. The minimum absolute atomic E-state index is 0.334. The van der Waals surface area contributed by atoms with Crippen molar-refractivity contribution in [3.8, 4) is 0 Å². The Bertz CT molecular complexity index is 383. The molecule has 88 valence electrons. The highest BCUT2D eigenvalue weighted by molar-refractivity contribution is 9.10. The molecule has 1 fully saturated rings. The molecular weight excluding hydrogens is 288 g/mol. The Labute approximate surface area is 110 Å². The summed E-state index contributed by atoms with van der Waals surface area (Å²) in [6.45, 7) is 3.20. The molecule has 1 aromatic carbocycles. The zero-order chi connectivity index (χ0) is 11.7. The van der Waals surface area contributed by atoms with Crippen molar-refractivity contribution in [1.29, 1.82) is 0 Å². The molecular formula is C12H16BrClN2. The topological polar surface area (TPSA) is 29.3 Å². The molecule has 0 spiro atoms. The van der Waals surface area contributed by atoms with Crippen LogP contribution in [0.3, 0.4) is 0 Å². The van der Waals surface area contributed by atoms with E-state index in [9.17, 15) is 0 Å². The lowest BCUT2D eigenvalue weighted by molar-refractivity contribution is 0.430. The molecule has 0 amide bonds. The summed E-state index contributed by atoms with van der Waals surface area (Å²) in [6, 6.07) is 6.84. The molecule has 1 saturated heterocycles. The fraction of sp³-hybridized carbons (Fsp3) is 0.500. The summed E-state index contributed by atoms with van der Waals surface area (Å²) in [7, 11) is 0. The lowest BCUT2D eigenvalue weighted by Gasteiger charge is -2.38. The van der Waals surface area contributed by atoms with Crippen molar-refractivity contribution in [2.45, 2.75) is 31.8 Å². The maximum Gasteiger partial charge on any atom is 0.0650 e. The maximum absolute atomic E-state index is 6.26. The quantitative estimate of drug-likeness (QED) is 0.861. The molecule has 1 aromatic rings. The number of halogens is 2. The first-order valence-corrected chi connectivity index (χ1v) is 6.72. The Morgan fingerprint density at radius 3 is 2.88 bits per heavy atom. The molecule has 1 heterocycles. The Balaban J connectivity index is 2.23. The molecule has 16 heavy (non-hydrogen) atoms. The van der Waals surface area contributed by atoms with E-state index < -0.39 is 0 Å². The van der Waals surface area contributed by atoms with E-state index in [4.69, 9.17) is 17.3 Å². The first kappa shape index (κ1) is 12.2. The van der Waals surface area contributed by atoms with Gasteiger partial charge in [-0.2, -0.15) is 0 Å². The second kappa shape index (κ2) is 4.94. The molecule has 1 aliphatic rings. The molecule has 4 heteroatoms. The molecule has 0 radical (unpaired) electrons. The number of benzene rings is 1. The summed E-state index contributed by atoms with van der Waals surface area (Å²) >= 11 is 9.68. The van der Waals surface area contributed by atoms with Crippen molar-refractivity contribution in [3.63, 3.8) is 0 Å². The average Bonchev–Trinajstić information content (AvgIpc) is 2.19. The zero-order valence-electron chi connectivity index (χ0n) is 9.29. The van der Waals surface area contributed by atoms with E-state index in [-0.39, 0.29) is 0 Å². The van der Waals surface area contributed by atoms with E-state index in [0.29, 0.717) is 12.1 Å². The third-order valence-corrected chi connectivity index (χ3v) is 3.93. The van der Waals surface area contributed by atoms with Crippen LogP contribution in [0.5, 0.6) is 0 Å². The second-order valence-corrected chi connectivity index (χ2v) is 5.75. The largest absolute Gasteiger partial charge is 0.368 e. The van der Waals surface area contributed by atoms with E-state index in [2.05, 4.69) is 33.8 Å². The number of anilines is 1. The highest BCUT2D eigenvalue weighted by atomic mass is 79.9. The van der Waals surface area contributed by atoms with Gasteiger partial charge >= 0.3 is 0 Å². The minimum Gasteiger partial charge on any atom is -0.368 e. The van der Waals surface area contributed by atoms with Gasteiger partial charge in [0.1, 0.15) is 0 Å². The van der Waals surface area contributed by atoms with Crippen molar-refractivity contribution in [2.75, 3.05) is 11.4 Å². The molecule has 2 rings (SSSR count). The van der Waals surface area contributed by atoms with Crippen LogP contribution >= 0.6 is 27.5 Å². The Hall–Kier alpha value is -0.250. The first-order valence-electron chi connectivity index (χ1n) is 5.55. The van der Waals surface area contributed by atoms with Gasteiger partial charge in [0, 0.05) is 23.1 Å². The Morgan fingerprint density at radius 1 is 1.50 bits per heavy atom. The highest BCUT2D eigenvalue weighted by Crippen LogP contribution is 2.32. The van der Waals surface area contributed by atoms with Gasteiger partial charge in [-0.3, -0.25) is 0 Å². The molecule has 1 aliphatic heterocycles. The predicted molar refractivity (Wildman–Crippen MR) is 73.2 cm³/mol. The SMILES string of the molecule is CC1CC(N)CCN1c1ccc(Br)cc1Cl. The monoisotopic (exact) mass is 302 g/mol. The van der Waals surface area contributed by atoms with Crippen molar-refractivity contribution in [3.05, 3.63) is 27.7 Å². The number of nitrogens with zero attached hydrogens (tertiary/aromatic N) is 1. The third-order valence-electron chi connectivity index (χ3n) is 3.14. The summed E-state index contributed by atoms with van der Waals surface area (Å²) < 4.78 is 1.02. The van der Waals surface area contributed by atoms with E-state index in [0.717, 1.165) is 34.6 Å². The standard InChI is InChI=1S/C12H16BrClN2/c1-8-6-10(15)4-5-16(8)12-3-2-9(13)7-11(12)14/h2-3,7-8,10H,4-6,15H2,1H3. The van der Waals surface area contributed by atoms with Crippen LogP contribution in [0, 0.1) is 0 Å². The van der Waals surface area contributed by atoms with Crippen LogP contribution in [-0.4, -0.2) is 18.6 Å². The van der Waals surface area contributed by atoms with Gasteiger partial charge in [-0.15, -0.1) is 0 Å². The molecule has 0 saturated carbocycles. The molecule has 0 aromatic heterocycles. The van der Waals surface area contributed by atoms with Crippen LogP contribution in [0.4, 0.5) is 5.69 Å². The molecule has 0 aliphatic carbocycles. The second-order valence-electron chi connectivity index (χ2n) is 4.42. The summed E-state index contributed by atoms with van der Waals surface area (Å²) in [4.78, 5) is 2.35. The predicted octanol–water partition coefficient (Wildman–Crippen LogP) is 3.42.